The molecule has 0 unspecified atom stereocenters. The summed E-state index contributed by atoms with van der Waals surface area (Å²) in [5, 5.41) is 9.57. The van der Waals surface area contributed by atoms with Gasteiger partial charge in [-0.2, -0.15) is 0 Å². The summed E-state index contributed by atoms with van der Waals surface area (Å²) in [6, 6.07) is 14.5. The van der Waals surface area contributed by atoms with Crippen molar-refractivity contribution < 1.29 is 14.2 Å². The molecule has 2 nitrogen and oxygen atoms in total. The van der Waals surface area contributed by atoms with E-state index in [2.05, 4.69) is 26.8 Å². The average molecular weight is 390 g/mol. The number of halogens is 1. The molecule has 0 fully saturated rings. The van der Waals surface area contributed by atoms with Crippen LogP contribution in [0.1, 0.15) is 30.5 Å². The van der Waals surface area contributed by atoms with Crippen LogP contribution >= 0.6 is 0 Å². The molecule has 29 heavy (non-hydrogen) atoms. The van der Waals surface area contributed by atoms with Gasteiger partial charge in [-0.1, -0.05) is 29.8 Å². The van der Waals surface area contributed by atoms with Gasteiger partial charge < -0.3 is 9.84 Å². The van der Waals surface area contributed by atoms with Crippen molar-refractivity contribution in [3.63, 3.8) is 0 Å². The number of hydrogen-bond donors (Lipinski definition) is 1. The Morgan fingerprint density at radius 3 is 2.21 bits per heavy atom. The first-order valence-electron chi connectivity index (χ1n) is 9.74. The molecule has 1 N–H and O–H groups in total. The van der Waals surface area contributed by atoms with E-state index >= 15 is 0 Å². The molecule has 0 aliphatic heterocycles. The Bertz CT molecular complexity index is 1060. The van der Waals surface area contributed by atoms with Crippen molar-refractivity contribution in [3.05, 3.63) is 82.7 Å². The van der Waals surface area contributed by atoms with Crippen LogP contribution in [0.25, 0.3) is 22.3 Å². The Morgan fingerprint density at radius 1 is 0.931 bits per heavy atom. The molecule has 3 heteroatoms. The lowest BCUT2D eigenvalue weighted by molar-refractivity contribution is 0.341. The smallest absolute Gasteiger partial charge is 0.165 e. The van der Waals surface area contributed by atoms with Crippen LogP contribution in [-0.4, -0.2) is 11.7 Å². The molecular formula is C26H27FO2. The molecule has 3 aromatic carbocycles. The first kappa shape index (κ1) is 20.7. The third-order valence-electron chi connectivity index (χ3n) is 5.23. The lowest BCUT2D eigenvalue weighted by Gasteiger charge is -2.18. The molecule has 0 aliphatic carbocycles. The minimum absolute atomic E-state index is 0.250. The Balaban J connectivity index is 1.98. The third kappa shape index (κ3) is 4.51. The maximum Gasteiger partial charge on any atom is 0.165 e. The van der Waals surface area contributed by atoms with Gasteiger partial charge in [-0.25, -0.2) is 4.39 Å². The molecule has 0 saturated carbocycles. The van der Waals surface area contributed by atoms with Crippen LogP contribution in [0, 0.1) is 26.6 Å². The topological polar surface area (TPSA) is 29.5 Å². The number of benzene rings is 3. The molecule has 0 aromatic heterocycles. The number of phenolic OH excluding ortho intramolecular Hbond substituents is 1. The van der Waals surface area contributed by atoms with Gasteiger partial charge in [0.15, 0.2) is 11.6 Å². The maximum absolute atomic E-state index is 14.6. The van der Waals surface area contributed by atoms with Gasteiger partial charge in [-0.15, -0.1) is 0 Å². The molecule has 0 saturated heterocycles. The first-order chi connectivity index (χ1) is 13.8. The molecule has 0 atom stereocenters. The van der Waals surface area contributed by atoms with E-state index in [1.807, 2.05) is 38.1 Å². The van der Waals surface area contributed by atoms with Gasteiger partial charge in [0.2, 0.25) is 0 Å². The largest absolute Gasteiger partial charge is 0.508 e. The Kier molecular flexibility index (Phi) is 6.07. The molecule has 0 aliphatic rings. The fourth-order valence-corrected chi connectivity index (χ4v) is 3.54. The lowest BCUT2D eigenvalue weighted by Crippen LogP contribution is -1.98. The predicted octanol–water partition coefficient (Wildman–Crippen LogP) is 7.14. The normalized spacial score (nSPS) is 10.7. The first-order valence-corrected chi connectivity index (χ1v) is 9.74. The molecule has 0 spiro atoms. The molecule has 0 heterocycles. The van der Waals surface area contributed by atoms with Crippen molar-refractivity contribution in [1.82, 2.24) is 0 Å². The van der Waals surface area contributed by atoms with Crippen LogP contribution in [0.2, 0.25) is 0 Å². The van der Waals surface area contributed by atoms with Crippen molar-refractivity contribution in [1.29, 1.82) is 0 Å². The quantitative estimate of drug-likeness (QED) is 0.469. The molecule has 0 amide bonds. The number of rotatable bonds is 5. The lowest BCUT2D eigenvalue weighted by atomic mass is 9.87. The third-order valence-corrected chi connectivity index (χ3v) is 5.23. The van der Waals surface area contributed by atoms with Gasteiger partial charge in [0, 0.05) is 0 Å². The standard InChI is InChI=1S/C26H27FO2/c1-16(2)12-13-29-25-11-8-21(15-24(25)27)23-14-17(3)26(19(5)18(23)4)20-6-9-22(28)10-7-20/h6-12,14-15,28H,13H2,1-5H3. The van der Waals surface area contributed by atoms with Crippen molar-refractivity contribution in [2.24, 2.45) is 0 Å². The van der Waals surface area contributed by atoms with Crippen molar-refractivity contribution >= 4 is 0 Å². The fraction of sp³-hybridized carbons (Fsp3) is 0.231. The summed E-state index contributed by atoms with van der Waals surface area (Å²) >= 11 is 0. The Labute approximate surface area is 172 Å². The minimum atomic E-state index is -0.359. The van der Waals surface area contributed by atoms with Crippen LogP contribution < -0.4 is 4.74 Å². The molecular weight excluding hydrogens is 363 g/mol. The highest BCUT2D eigenvalue weighted by Crippen LogP contribution is 2.37. The van der Waals surface area contributed by atoms with Crippen molar-refractivity contribution in [2.45, 2.75) is 34.6 Å². The zero-order valence-corrected chi connectivity index (χ0v) is 17.6. The molecule has 3 rings (SSSR count). The number of allylic oxidation sites excluding steroid dienone is 1. The van der Waals surface area contributed by atoms with Gasteiger partial charge >= 0.3 is 0 Å². The summed E-state index contributed by atoms with van der Waals surface area (Å²) < 4.78 is 20.1. The van der Waals surface area contributed by atoms with Crippen LogP contribution in [0.5, 0.6) is 11.5 Å². The number of aryl methyl sites for hydroxylation is 1. The summed E-state index contributed by atoms with van der Waals surface area (Å²) in [6.45, 7) is 10.5. The van der Waals surface area contributed by atoms with Crippen LogP contribution in [0.15, 0.2) is 60.2 Å². The van der Waals surface area contributed by atoms with E-state index in [9.17, 15) is 9.50 Å². The average Bonchev–Trinajstić information content (AvgIpc) is 2.67. The fourth-order valence-electron chi connectivity index (χ4n) is 3.54. The van der Waals surface area contributed by atoms with Gasteiger partial charge in [0.1, 0.15) is 12.4 Å². The van der Waals surface area contributed by atoms with Gasteiger partial charge in [0.05, 0.1) is 0 Å². The zero-order valence-electron chi connectivity index (χ0n) is 17.6. The number of aromatic hydroxyl groups is 1. The van der Waals surface area contributed by atoms with E-state index in [0.717, 1.165) is 44.5 Å². The summed E-state index contributed by atoms with van der Waals surface area (Å²) in [5.74, 6) is 0.153. The predicted molar refractivity (Wildman–Crippen MR) is 118 cm³/mol. The highest BCUT2D eigenvalue weighted by molar-refractivity contribution is 5.80. The van der Waals surface area contributed by atoms with E-state index in [-0.39, 0.29) is 17.3 Å². The maximum atomic E-state index is 14.6. The highest BCUT2D eigenvalue weighted by Gasteiger charge is 2.15. The number of ether oxygens (including phenoxy) is 1. The molecule has 3 aromatic rings. The van der Waals surface area contributed by atoms with Crippen molar-refractivity contribution in [3.8, 4) is 33.8 Å². The zero-order chi connectivity index (χ0) is 21.1. The second-order valence-electron chi connectivity index (χ2n) is 7.65. The molecule has 150 valence electrons. The highest BCUT2D eigenvalue weighted by atomic mass is 19.1. The number of phenols is 1. The monoisotopic (exact) mass is 390 g/mol. The van der Waals surface area contributed by atoms with Crippen LogP contribution in [0.4, 0.5) is 4.39 Å². The molecule has 0 radical (unpaired) electrons. The SMILES string of the molecule is CC(C)=CCOc1ccc(-c2cc(C)c(-c3ccc(O)cc3)c(C)c2C)cc1F. The Hall–Kier alpha value is -3.07. The van der Waals surface area contributed by atoms with Crippen LogP contribution in [-0.2, 0) is 0 Å². The minimum Gasteiger partial charge on any atom is -0.508 e. The van der Waals surface area contributed by atoms with Gasteiger partial charge in [-0.05, 0) is 104 Å². The van der Waals surface area contributed by atoms with Gasteiger partial charge in [-0.3, -0.25) is 0 Å². The van der Waals surface area contributed by atoms with E-state index in [1.54, 1.807) is 24.3 Å². The van der Waals surface area contributed by atoms with Crippen molar-refractivity contribution in [2.75, 3.05) is 6.61 Å². The summed E-state index contributed by atoms with van der Waals surface area (Å²) in [6.07, 6.45) is 1.92. The van der Waals surface area contributed by atoms with E-state index in [4.69, 9.17) is 4.74 Å². The molecule has 0 bridgehead atoms. The summed E-state index contributed by atoms with van der Waals surface area (Å²) in [7, 11) is 0. The second kappa shape index (κ2) is 8.52. The van der Waals surface area contributed by atoms with Crippen LogP contribution in [0.3, 0.4) is 0 Å². The number of hydrogen-bond acceptors (Lipinski definition) is 2. The summed E-state index contributed by atoms with van der Waals surface area (Å²) in [5.41, 5.74) is 8.55. The Morgan fingerprint density at radius 2 is 1.59 bits per heavy atom. The van der Waals surface area contributed by atoms with E-state index < -0.39 is 0 Å². The summed E-state index contributed by atoms with van der Waals surface area (Å²) in [4.78, 5) is 0. The van der Waals surface area contributed by atoms with Gasteiger partial charge in [0.25, 0.3) is 0 Å². The second-order valence-corrected chi connectivity index (χ2v) is 7.65. The van der Waals surface area contributed by atoms with E-state index in [1.165, 1.54) is 0 Å². The van der Waals surface area contributed by atoms with E-state index in [0.29, 0.717) is 6.61 Å².